The summed E-state index contributed by atoms with van der Waals surface area (Å²) in [6.07, 6.45) is 8.64. The predicted molar refractivity (Wildman–Crippen MR) is 82.0 cm³/mol. The van der Waals surface area contributed by atoms with Gasteiger partial charge in [0.2, 0.25) is 0 Å². The number of aromatic hydroxyl groups is 1. The maximum atomic E-state index is 9.75. The van der Waals surface area contributed by atoms with E-state index in [1.807, 2.05) is 18.2 Å². The highest BCUT2D eigenvalue weighted by Crippen LogP contribution is 2.31. The van der Waals surface area contributed by atoms with E-state index in [-0.39, 0.29) is 0 Å². The van der Waals surface area contributed by atoms with E-state index in [1.165, 1.54) is 32.1 Å². The second kappa shape index (κ2) is 6.35. The van der Waals surface area contributed by atoms with Crippen molar-refractivity contribution in [3.8, 4) is 5.75 Å². The van der Waals surface area contributed by atoms with Crippen LogP contribution in [-0.2, 0) is 5.75 Å². The van der Waals surface area contributed by atoms with E-state index in [4.69, 9.17) is 5.10 Å². The third-order valence-electron chi connectivity index (χ3n) is 3.85. The smallest absolute Gasteiger partial charge is 0.129 e. The second-order valence-corrected chi connectivity index (χ2v) is 6.35. The number of benzene rings is 1. The van der Waals surface area contributed by atoms with Crippen LogP contribution in [-0.4, -0.2) is 14.9 Å². The lowest BCUT2D eigenvalue weighted by atomic mass is 9.96. The Morgan fingerprint density at radius 1 is 1.15 bits per heavy atom. The van der Waals surface area contributed by atoms with E-state index in [0.29, 0.717) is 11.8 Å². The molecule has 3 rings (SSSR count). The molecule has 1 aliphatic rings. The molecular weight excluding hydrogens is 268 g/mol. The predicted octanol–water partition coefficient (Wildman–Crippen LogP) is 4.39. The number of hydrogen-bond donors (Lipinski definition) is 1. The molecule has 2 aromatic rings. The molecule has 1 aliphatic carbocycles. The van der Waals surface area contributed by atoms with Crippen molar-refractivity contribution in [3.63, 3.8) is 0 Å². The summed E-state index contributed by atoms with van der Waals surface area (Å²) in [7, 11) is 0. The Kier molecular flexibility index (Phi) is 4.31. The standard InChI is InChI=1S/C16H20N2OS/c19-15-8-4-5-9-16(15)20-12-13-10-11-18(17-13)14-6-2-1-3-7-14/h4-5,8-11,14,19H,1-3,6-7,12H2. The van der Waals surface area contributed by atoms with E-state index in [9.17, 15) is 5.11 Å². The Hall–Kier alpha value is -1.42. The monoisotopic (exact) mass is 288 g/mol. The molecule has 0 amide bonds. The van der Waals surface area contributed by atoms with Gasteiger partial charge in [0.05, 0.1) is 11.7 Å². The first kappa shape index (κ1) is 13.6. The number of thioether (sulfide) groups is 1. The number of phenols is 1. The lowest BCUT2D eigenvalue weighted by Crippen LogP contribution is -2.13. The summed E-state index contributed by atoms with van der Waals surface area (Å²) in [5.41, 5.74) is 1.09. The SMILES string of the molecule is Oc1ccccc1SCc1ccn(C2CCCCC2)n1. The minimum absolute atomic E-state index is 0.351. The minimum atomic E-state index is 0.351. The molecule has 20 heavy (non-hydrogen) atoms. The van der Waals surface area contributed by atoms with Gasteiger partial charge in [-0.2, -0.15) is 5.10 Å². The Morgan fingerprint density at radius 3 is 2.75 bits per heavy atom. The lowest BCUT2D eigenvalue weighted by molar-refractivity contribution is 0.328. The molecule has 0 unspecified atom stereocenters. The van der Waals surface area contributed by atoms with E-state index >= 15 is 0 Å². The average molecular weight is 288 g/mol. The third-order valence-corrected chi connectivity index (χ3v) is 4.95. The van der Waals surface area contributed by atoms with Crippen molar-refractivity contribution >= 4 is 11.8 Å². The molecule has 1 N–H and O–H groups in total. The molecule has 0 radical (unpaired) electrons. The number of rotatable bonds is 4. The first-order valence-corrected chi connectivity index (χ1v) is 8.26. The van der Waals surface area contributed by atoms with E-state index in [0.717, 1.165) is 16.3 Å². The average Bonchev–Trinajstić information content (AvgIpc) is 2.96. The van der Waals surface area contributed by atoms with Crippen molar-refractivity contribution in [1.29, 1.82) is 0 Å². The van der Waals surface area contributed by atoms with Gasteiger partial charge in [0.25, 0.3) is 0 Å². The fourth-order valence-electron chi connectivity index (χ4n) is 2.73. The number of hydrogen-bond acceptors (Lipinski definition) is 3. The number of para-hydroxylation sites is 1. The van der Waals surface area contributed by atoms with Gasteiger partial charge in [0.1, 0.15) is 5.75 Å². The quantitative estimate of drug-likeness (QED) is 0.848. The van der Waals surface area contributed by atoms with Crippen molar-refractivity contribution < 1.29 is 5.11 Å². The van der Waals surface area contributed by atoms with Crippen LogP contribution in [0.25, 0.3) is 0 Å². The van der Waals surface area contributed by atoms with Gasteiger partial charge < -0.3 is 5.11 Å². The molecule has 0 bridgehead atoms. The van der Waals surface area contributed by atoms with Crippen LogP contribution in [0, 0.1) is 0 Å². The summed E-state index contributed by atoms with van der Waals surface area (Å²) >= 11 is 1.63. The van der Waals surface area contributed by atoms with Crippen LogP contribution in [0.1, 0.15) is 43.8 Å². The topological polar surface area (TPSA) is 38.0 Å². The molecule has 1 heterocycles. The fraction of sp³-hybridized carbons (Fsp3) is 0.438. The lowest BCUT2D eigenvalue weighted by Gasteiger charge is -2.21. The molecular formula is C16H20N2OS. The van der Waals surface area contributed by atoms with Crippen LogP contribution in [0.2, 0.25) is 0 Å². The van der Waals surface area contributed by atoms with Crippen LogP contribution in [0.15, 0.2) is 41.4 Å². The van der Waals surface area contributed by atoms with Gasteiger partial charge in [-0.15, -0.1) is 11.8 Å². The van der Waals surface area contributed by atoms with Crippen molar-refractivity contribution in [2.24, 2.45) is 0 Å². The van der Waals surface area contributed by atoms with Crippen LogP contribution in [0.3, 0.4) is 0 Å². The zero-order valence-corrected chi connectivity index (χ0v) is 12.4. The van der Waals surface area contributed by atoms with E-state index in [1.54, 1.807) is 17.8 Å². The summed E-state index contributed by atoms with van der Waals surface area (Å²) in [5, 5.41) is 14.4. The highest BCUT2D eigenvalue weighted by atomic mass is 32.2. The number of phenolic OH excluding ortho intramolecular Hbond substituents is 1. The van der Waals surface area contributed by atoms with Crippen molar-refractivity contribution in [2.75, 3.05) is 0 Å². The van der Waals surface area contributed by atoms with Crippen LogP contribution in [0.4, 0.5) is 0 Å². The van der Waals surface area contributed by atoms with E-state index < -0.39 is 0 Å². The van der Waals surface area contributed by atoms with Crippen molar-refractivity contribution in [3.05, 3.63) is 42.2 Å². The molecule has 3 nitrogen and oxygen atoms in total. The van der Waals surface area contributed by atoms with Crippen LogP contribution in [0.5, 0.6) is 5.75 Å². The maximum Gasteiger partial charge on any atom is 0.129 e. The minimum Gasteiger partial charge on any atom is -0.507 e. The fourth-order valence-corrected chi connectivity index (χ4v) is 3.58. The van der Waals surface area contributed by atoms with Gasteiger partial charge in [-0.05, 0) is 31.0 Å². The van der Waals surface area contributed by atoms with E-state index in [2.05, 4.69) is 16.9 Å². The summed E-state index contributed by atoms with van der Waals surface area (Å²) in [6.45, 7) is 0. The third kappa shape index (κ3) is 3.18. The first-order valence-electron chi connectivity index (χ1n) is 7.28. The molecule has 0 aliphatic heterocycles. The summed E-state index contributed by atoms with van der Waals surface area (Å²) < 4.78 is 2.14. The van der Waals surface area contributed by atoms with Crippen LogP contribution >= 0.6 is 11.8 Å². The molecule has 1 fully saturated rings. The Balaban J connectivity index is 1.61. The normalized spacial score (nSPS) is 16.4. The highest BCUT2D eigenvalue weighted by molar-refractivity contribution is 7.98. The van der Waals surface area contributed by atoms with Gasteiger partial charge in [-0.25, -0.2) is 0 Å². The number of aromatic nitrogens is 2. The van der Waals surface area contributed by atoms with Crippen molar-refractivity contribution in [1.82, 2.24) is 9.78 Å². The largest absolute Gasteiger partial charge is 0.507 e. The van der Waals surface area contributed by atoms with Gasteiger partial charge in [0.15, 0.2) is 0 Å². The molecule has 0 atom stereocenters. The van der Waals surface area contributed by atoms with Gasteiger partial charge >= 0.3 is 0 Å². The van der Waals surface area contributed by atoms with Gasteiger partial charge in [0, 0.05) is 16.8 Å². The first-order chi connectivity index (χ1) is 9.83. The molecule has 1 saturated carbocycles. The van der Waals surface area contributed by atoms with Gasteiger partial charge in [-0.3, -0.25) is 4.68 Å². The Labute approximate surface area is 124 Å². The zero-order valence-electron chi connectivity index (χ0n) is 11.5. The molecule has 1 aromatic heterocycles. The maximum absolute atomic E-state index is 9.75. The number of nitrogens with zero attached hydrogens (tertiary/aromatic N) is 2. The Bertz CT molecular complexity index is 561. The summed E-state index contributed by atoms with van der Waals surface area (Å²) in [4.78, 5) is 0.916. The van der Waals surface area contributed by atoms with Crippen molar-refractivity contribution in [2.45, 2.75) is 48.8 Å². The van der Waals surface area contributed by atoms with Crippen LogP contribution < -0.4 is 0 Å². The molecule has 106 valence electrons. The summed E-state index contributed by atoms with van der Waals surface area (Å²) in [5.74, 6) is 1.15. The van der Waals surface area contributed by atoms with Gasteiger partial charge in [-0.1, -0.05) is 31.4 Å². The zero-order chi connectivity index (χ0) is 13.8. The second-order valence-electron chi connectivity index (χ2n) is 5.34. The highest BCUT2D eigenvalue weighted by Gasteiger charge is 2.16. The molecule has 0 saturated heterocycles. The molecule has 1 aromatic carbocycles. The summed E-state index contributed by atoms with van der Waals surface area (Å²) in [6, 6.07) is 10.1. The Morgan fingerprint density at radius 2 is 1.95 bits per heavy atom. The molecule has 0 spiro atoms. The molecule has 4 heteroatoms.